The molecule has 5 nitrogen and oxygen atoms in total. The first kappa shape index (κ1) is 15.9. The van der Waals surface area contributed by atoms with Crippen molar-refractivity contribution < 1.29 is 4.79 Å². The van der Waals surface area contributed by atoms with Crippen LogP contribution in [0.25, 0.3) is 0 Å². The first-order chi connectivity index (χ1) is 10.2. The van der Waals surface area contributed by atoms with Gasteiger partial charge in [0.15, 0.2) is 0 Å². The molecule has 0 aliphatic carbocycles. The van der Waals surface area contributed by atoms with Crippen LogP contribution in [-0.4, -0.2) is 53.4 Å². The number of hydrogen-bond acceptors (Lipinski definition) is 4. The van der Waals surface area contributed by atoms with Crippen molar-refractivity contribution in [2.75, 3.05) is 32.7 Å². The fourth-order valence-electron chi connectivity index (χ4n) is 2.52. The smallest absolute Gasteiger partial charge is 0.222 e. The fourth-order valence-corrected chi connectivity index (χ4v) is 2.52. The molecule has 1 saturated heterocycles. The summed E-state index contributed by atoms with van der Waals surface area (Å²) in [5.41, 5.74) is 6.68. The molecule has 2 N–H and O–H groups in total. The van der Waals surface area contributed by atoms with Gasteiger partial charge in [0.2, 0.25) is 5.91 Å². The Morgan fingerprint density at radius 1 is 1.33 bits per heavy atom. The lowest BCUT2D eigenvalue weighted by molar-refractivity contribution is -0.133. The van der Waals surface area contributed by atoms with E-state index < -0.39 is 0 Å². The average Bonchev–Trinajstić information content (AvgIpc) is 2.54. The highest BCUT2D eigenvalue weighted by Gasteiger charge is 2.21. The molecule has 1 amide bonds. The van der Waals surface area contributed by atoms with Crippen LogP contribution in [0.2, 0.25) is 0 Å². The number of aromatic nitrogens is 1. The molecule has 0 aromatic carbocycles. The van der Waals surface area contributed by atoms with E-state index in [2.05, 4.69) is 16.8 Å². The molecule has 116 valence electrons. The number of carbonyl (C=O) groups excluding carboxylic acids is 1. The van der Waals surface area contributed by atoms with Crippen LogP contribution in [0, 0.1) is 5.92 Å². The molecule has 5 heteroatoms. The molecular weight excluding hydrogens is 264 g/mol. The lowest BCUT2D eigenvalue weighted by atomic mass is 10.1. The van der Waals surface area contributed by atoms with Gasteiger partial charge in [-0.25, -0.2) is 0 Å². The molecule has 2 rings (SSSR count). The van der Waals surface area contributed by atoms with Crippen molar-refractivity contribution in [3.63, 3.8) is 0 Å². The second-order valence-electron chi connectivity index (χ2n) is 5.86. The third-order valence-electron chi connectivity index (χ3n) is 4.09. The summed E-state index contributed by atoms with van der Waals surface area (Å²) >= 11 is 0. The number of nitrogens with zero attached hydrogens (tertiary/aromatic N) is 3. The maximum Gasteiger partial charge on any atom is 0.222 e. The van der Waals surface area contributed by atoms with Gasteiger partial charge in [-0.05, 0) is 31.0 Å². The third kappa shape index (κ3) is 5.10. The van der Waals surface area contributed by atoms with Gasteiger partial charge in [0.25, 0.3) is 0 Å². The predicted molar refractivity (Wildman–Crippen MR) is 83.5 cm³/mol. The number of pyridine rings is 1. The SMILES string of the molecule is CC(CN)CCC(=O)N1CCN(Cc2ccccn2)CC1. The van der Waals surface area contributed by atoms with Crippen molar-refractivity contribution in [3.8, 4) is 0 Å². The van der Waals surface area contributed by atoms with Crippen molar-refractivity contribution in [3.05, 3.63) is 30.1 Å². The normalized spacial score (nSPS) is 17.7. The first-order valence-electron chi connectivity index (χ1n) is 7.79. The van der Waals surface area contributed by atoms with Crippen LogP contribution in [-0.2, 0) is 11.3 Å². The molecule has 0 radical (unpaired) electrons. The molecule has 1 aromatic rings. The standard InChI is InChI=1S/C16H26N4O/c1-14(12-17)5-6-16(21)20-10-8-19(9-11-20)13-15-4-2-3-7-18-15/h2-4,7,14H,5-6,8-13,17H2,1H3. The Morgan fingerprint density at radius 3 is 2.71 bits per heavy atom. The van der Waals surface area contributed by atoms with E-state index in [0.29, 0.717) is 18.9 Å². The van der Waals surface area contributed by atoms with E-state index in [9.17, 15) is 4.79 Å². The van der Waals surface area contributed by atoms with Gasteiger partial charge in [-0.1, -0.05) is 13.0 Å². The zero-order valence-corrected chi connectivity index (χ0v) is 12.9. The van der Waals surface area contributed by atoms with Crippen LogP contribution in [0.5, 0.6) is 0 Å². The highest BCUT2D eigenvalue weighted by molar-refractivity contribution is 5.76. The van der Waals surface area contributed by atoms with Crippen molar-refractivity contribution in [2.24, 2.45) is 11.7 Å². The summed E-state index contributed by atoms with van der Waals surface area (Å²) in [4.78, 5) is 20.8. The Morgan fingerprint density at radius 2 is 2.10 bits per heavy atom. The zero-order valence-electron chi connectivity index (χ0n) is 12.9. The Hall–Kier alpha value is -1.46. The maximum atomic E-state index is 12.1. The molecule has 1 fully saturated rings. The van der Waals surface area contributed by atoms with Crippen molar-refractivity contribution in [1.29, 1.82) is 0 Å². The summed E-state index contributed by atoms with van der Waals surface area (Å²) in [5, 5.41) is 0. The minimum absolute atomic E-state index is 0.271. The van der Waals surface area contributed by atoms with Gasteiger partial charge in [-0.3, -0.25) is 14.7 Å². The van der Waals surface area contributed by atoms with E-state index >= 15 is 0 Å². The molecular formula is C16H26N4O. The van der Waals surface area contributed by atoms with Crippen molar-refractivity contribution in [2.45, 2.75) is 26.3 Å². The van der Waals surface area contributed by atoms with Gasteiger partial charge in [-0.15, -0.1) is 0 Å². The molecule has 1 aliphatic heterocycles. The Kier molecular flexibility index (Phi) is 6.14. The second kappa shape index (κ2) is 8.10. The molecule has 1 unspecified atom stereocenters. The van der Waals surface area contributed by atoms with Crippen LogP contribution in [0.3, 0.4) is 0 Å². The zero-order chi connectivity index (χ0) is 15.1. The average molecular weight is 290 g/mol. The summed E-state index contributed by atoms with van der Waals surface area (Å²) in [5.74, 6) is 0.701. The fraction of sp³-hybridized carbons (Fsp3) is 0.625. The number of amides is 1. The highest BCUT2D eigenvalue weighted by Crippen LogP contribution is 2.10. The lowest BCUT2D eigenvalue weighted by Crippen LogP contribution is -2.48. The summed E-state index contributed by atoms with van der Waals surface area (Å²) in [6.45, 7) is 7.12. The summed E-state index contributed by atoms with van der Waals surface area (Å²) in [7, 11) is 0. The second-order valence-corrected chi connectivity index (χ2v) is 5.86. The minimum atomic E-state index is 0.271. The monoisotopic (exact) mass is 290 g/mol. The lowest BCUT2D eigenvalue weighted by Gasteiger charge is -2.34. The maximum absolute atomic E-state index is 12.1. The van der Waals surface area contributed by atoms with Gasteiger partial charge in [-0.2, -0.15) is 0 Å². The molecule has 0 bridgehead atoms. The highest BCUT2D eigenvalue weighted by atomic mass is 16.2. The minimum Gasteiger partial charge on any atom is -0.340 e. The number of carbonyl (C=O) groups is 1. The number of piperazine rings is 1. The third-order valence-corrected chi connectivity index (χ3v) is 4.09. The molecule has 0 spiro atoms. The number of rotatable bonds is 6. The molecule has 1 atom stereocenters. The molecule has 1 aromatic heterocycles. The summed E-state index contributed by atoms with van der Waals surface area (Å²) in [6.07, 6.45) is 3.34. The largest absolute Gasteiger partial charge is 0.340 e. The van der Waals surface area contributed by atoms with Crippen LogP contribution in [0.1, 0.15) is 25.5 Å². The van der Waals surface area contributed by atoms with Gasteiger partial charge in [0.05, 0.1) is 5.69 Å². The van der Waals surface area contributed by atoms with Gasteiger partial charge in [0, 0.05) is 45.3 Å². The predicted octanol–water partition coefficient (Wildman–Crippen LogP) is 1.10. The van der Waals surface area contributed by atoms with Crippen molar-refractivity contribution in [1.82, 2.24) is 14.8 Å². The molecule has 2 heterocycles. The van der Waals surface area contributed by atoms with E-state index in [1.165, 1.54) is 0 Å². The Bertz CT molecular complexity index is 429. The molecule has 0 saturated carbocycles. The Balaban J connectivity index is 1.71. The van der Waals surface area contributed by atoms with E-state index in [4.69, 9.17) is 5.73 Å². The van der Waals surface area contributed by atoms with Crippen LogP contribution in [0.15, 0.2) is 24.4 Å². The van der Waals surface area contributed by atoms with Gasteiger partial charge >= 0.3 is 0 Å². The van der Waals surface area contributed by atoms with E-state index in [1.807, 2.05) is 29.3 Å². The first-order valence-corrected chi connectivity index (χ1v) is 7.79. The van der Waals surface area contributed by atoms with Crippen molar-refractivity contribution >= 4 is 5.91 Å². The van der Waals surface area contributed by atoms with Gasteiger partial charge < -0.3 is 10.6 Å². The van der Waals surface area contributed by atoms with Crippen LogP contribution < -0.4 is 5.73 Å². The molecule has 21 heavy (non-hydrogen) atoms. The summed E-state index contributed by atoms with van der Waals surface area (Å²) in [6, 6.07) is 5.99. The Labute approximate surface area is 127 Å². The number of hydrogen-bond donors (Lipinski definition) is 1. The summed E-state index contributed by atoms with van der Waals surface area (Å²) < 4.78 is 0. The van der Waals surface area contributed by atoms with Crippen LogP contribution in [0.4, 0.5) is 0 Å². The van der Waals surface area contributed by atoms with Crippen LogP contribution >= 0.6 is 0 Å². The topological polar surface area (TPSA) is 62.5 Å². The van der Waals surface area contributed by atoms with E-state index in [-0.39, 0.29) is 5.91 Å². The van der Waals surface area contributed by atoms with Gasteiger partial charge in [0.1, 0.15) is 0 Å². The number of nitrogens with two attached hydrogens (primary N) is 1. The van der Waals surface area contributed by atoms with E-state index in [1.54, 1.807) is 0 Å². The van der Waals surface area contributed by atoms with E-state index in [0.717, 1.165) is 44.8 Å². The molecule has 1 aliphatic rings. The quantitative estimate of drug-likeness (QED) is 0.852.